The summed E-state index contributed by atoms with van der Waals surface area (Å²) in [5.74, 6) is 1.09. The lowest BCUT2D eigenvalue weighted by Crippen LogP contribution is -2.19. The van der Waals surface area contributed by atoms with Crippen LogP contribution in [-0.2, 0) is 18.4 Å². The van der Waals surface area contributed by atoms with Gasteiger partial charge in [0.15, 0.2) is 5.82 Å². The van der Waals surface area contributed by atoms with E-state index in [9.17, 15) is 4.79 Å². The van der Waals surface area contributed by atoms with E-state index in [0.29, 0.717) is 17.6 Å². The van der Waals surface area contributed by atoms with Crippen LogP contribution in [0.4, 0.5) is 5.82 Å². The Balaban J connectivity index is 1.54. The predicted molar refractivity (Wildman–Crippen MR) is 95.3 cm³/mol. The highest BCUT2D eigenvalue weighted by molar-refractivity contribution is 5.89. The number of aromatic nitrogens is 7. The van der Waals surface area contributed by atoms with Gasteiger partial charge in [0.2, 0.25) is 17.7 Å². The van der Waals surface area contributed by atoms with Crippen molar-refractivity contribution >= 4 is 11.7 Å². The molecular weight excluding hydrogens is 348 g/mol. The monoisotopic (exact) mass is 364 g/mol. The van der Waals surface area contributed by atoms with Crippen LogP contribution >= 0.6 is 0 Å². The van der Waals surface area contributed by atoms with Crippen LogP contribution in [0.25, 0.3) is 22.6 Å². The second kappa shape index (κ2) is 6.83. The van der Waals surface area contributed by atoms with Gasteiger partial charge in [-0.3, -0.25) is 9.48 Å². The summed E-state index contributed by atoms with van der Waals surface area (Å²) in [6, 6.07) is 7.66. The minimum Gasteiger partial charge on any atom is -0.421 e. The topological polar surface area (TPSA) is 117 Å². The van der Waals surface area contributed by atoms with Gasteiger partial charge in [-0.1, -0.05) is 18.2 Å². The van der Waals surface area contributed by atoms with Crippen LogP contribution in [0, 0.1) is 6.92 Å². The maximum atomic E-state index is 12.1. The molecule has 3 heterocycles. The molecule has 0 saturated heterocycles. The molecule has 4 aromatic rings. The van der Waals surface area contributed by atoms with E-state index in [1.54, 1.807) is 31.0 Å². The van der Waals surface area contributed by atoms with Gasteiger partial charge in [0.1, 0.15) is 6.54 Å². The Morgan fingerprint density at radius 1 is 1.15 bits per heavy atom. The van der Waals surface area contributed by atoms with Crippen LogP contribution in [0.15, 0.2) is 47.3 Å². The summed E-state index contributed by atoms with van der Waals surface area (Å²) < 4.78 is 7.10. The molecule has 1 amide bonds. The molecule has 0 bridgehead atoms. The Kier molecular flexibility index (Phi) is 4.21. The van der Waals surface area contributed by atoms with Gasteiger partial charge in [-0.25, -0.2) is 0 Å². The number of hydrogen-bond donors (Lipinski definition) is 1. The maximum Gasteiger partial charge on any atom is 0.248 e. The summed E-state index contributed by atoms with van der Waals surface area (Å²) in [6.45, 7) is 1.80. The fraction of sp³-hybridized carbons (Fsp3) is 0.176. The normalized spacial score (nSPS) is 10.9. The molecule has 0 atom stereocenters. The van der Waals surface area contributed by atoms with Crippen LogP contribution in [0.3, 0.4) is 0 Å². The largest absolute Gasteiger partial charge is 0.421 e. The van der Waals surface area contributed by atoms with Gasteiger partial charge in [-0.2, -0.15) is 15.0 Å². The highest BCUT2D eigenvalue weighted by Crippen LogP contribution is 2.30. The summed E-state index contributed by atoms with van der Waals surface area (Å²) in [4.78, 5) is 13.5. The van der Waals surface area contributed by atoms with Gasteiger partial charge in [-0.05, 0) is 11.6 Å². The lowest BCUT2D eigenvalue weighted by atomic mass is 10.0. The van der Waals surface area contributed by atoms with Gasteiger partial charge in [-0.15, -0.1) is 15.3 Å². The van der Waals surface area contributed by atoms with E-state index < -0.39 is 0 Å². The lowest BCUT2D eigenvalue weighted by Gasteiger charge is -2.04. The van der Waals surface area contributed by atoms with Crippen molar-refractivity contribution in [3.8, 4) is 22.6 Å². The summed E-state index contributed by atoms with van der Waals surface area (Å²) in [7, 11) is 1.68. The Morgan fingerprint density at radius 2 is 1.96 bits per heavy atom. The Bertz CT molecular complexity index is 1090. The van der Waals surface area contributed by atoms with E-state index in [1.165, 1.54) is 11.0 Å². The summed E-state index contributed by atoms with van der Waals surface area (Å²) in [5, 5.41) is 22.8. The zero-order valence-corrected chi connectivity index (χ0v) is 14.7. The number of aryl methyl sites for hydroxylation is 2. The molecule has 136 valence electrons. The van der Waals surface area contributed by atoms with Crippen molar-refractivity contribution in [2.24, 2.45) is 7.05 Å². The number of carbonyl (C=O) groups is 1. The molecule has 1 aromatic carbocycles. The van der Waals surface area contributed by atoms with Crippen molar-refractivity contribution < 1.29 is 9.21 Å². The lowest BCUT2D eigenvalue weighted by molar-refractivity contribution is -0.116. The third-order valence-corrected chi connectivity index (χ3v) is 3.80. The molecule has 0 aliphatic carbocycles. The van der Waals surface area contributed by atoms with Crippen molar-refractivity contribution in [3.63, 3.8) is 0 Å². The third kappa shape index (κ3) is 3.59. The van der Waals surface area contributed by atoms with Crippen molar-refractivity contribution in [2.75, 3.05) is 5.32 Å². The first-order valence-corrected chi connectivity index (χ1v) is 8.17. The van der Waals surface area contributed by atoms with E-state index in [2.05, 4.69) is 30.8 Å². The van der Waals surface area contributed by atoms with Crippen molar-refractivity contribution in [2.45, 2.75) is 13.5 Å². The molecule has 0 aliphatic rings. The number of rotatable bonds is 5. The van der Waals surface area contributed by atoms with Crippen LogP contribution in [-0.4, -0.2) is 40.9 Å². The molecule has 27 heavy (non-hydrogen) atoms. The van der Waals surface area contributed by atoms with E-state index in [0.717, 1.165) is 16.7 Å². The van der Waals surface area contributed by atoms with E-state index in [-0.39, 0.29) is 12.5 Å². The van der Waals surface area contributed by atoms with Crippen molar-refractivity contribution in [1.82, 2.24) is 35.0 Å². The fourth-order valence-electron chi connectivity index (χ4n) is 2.65. The molecule has 0 unspecified atom stereocenters. The Morgan fingerprint density at radius 3 is 2.67 bits per heavy atom. The molecule has 10 nitrogen and oxygen atoms in total. The van der Waals surface area contributed by atoms with E-state index in [4.69, 9.17) is 4.42 Å². The van der Waals surface area contributed by atoms with Crippen LogP contribution < -0.4 is 5.32 Å². The van der Waals surface area contributed by atoms with E-state index in [1.807, 2.05) is 24.3 Å². The highest BCUT2D eigenvalue weighted by atomic mass is 16.4. The fourth-order valence-corrected chi connectivity index (χ4v) is 2.65. The molecule has 0 fully saturated rings. The summed E-state index contributed by atoms with van der Waals surface area (Å²) in [6.07, 6.45) is 4.96. The average molecular weight is 364 g/mol. The standard InChI is InChI=1S/C17H16N8O2/c1-11-21-22-17(27-11)14-6-4-3-5-13(14)12-7-19-25(9-12)10-16(26)20-15-8-18-24(2)23-15/h3-9H,10H2,1-2H3,(H,20,23,26). The number of benzene rings is 1. The van der Waals surface area contributed by atoms with Gasteiger partial charge >= 0.3 is 0 Å². The first-order chi connectivity index (χ1) is 13.1. The molecule has 0 spiro atoms. The summed E-state index contributed by atoms with van der Waals surface area (Å²) >= 11 is 0. The minimum absolute atomic E-state index is 0.0540. The quantitative estimate of drug-likeness (QED) is 0.572. The molecule has 3 aromatic heterocycles. The minimum atomic E-state index is -0.244. The Hall–Kier alpha value is -3.82. The van der Waals surface area contributed by atoms with Gasteiger partial charge in [0.25, 0.3) is 0 Å². The van der Waals surface area contributed by atoms with Crippen LogP contribution in [0.5, 0.6) is 0 Å². The molecule has 0 aliphatic heterocycles. The zero-order chi connectivity index (χ0) is 18.8. The first-order valence-electron chi connectivity index (χ1n) is 8.17. The molecule has 4 rings (SSSR count). The van der Waals surface area contributed by atoms with E-state index >= 15 is 0 Å². The number of carbonyl (C=O) groups excluding carboxylic acids is 1. The first kappa shape index (κ1) is 16.6. The molecule has 10 heteroatoms. The van der Waals surface area contributed by atoms with Gasteiger partial charge in [0, 0.05) is 31.3 Å². The summed E-state index contributed by atoms with van der Waals surface area (Å²) in [5.41, 5.74) is 2.54. The Labute approximate surface area is 153 Å². The molecule has 1 N–H and O–H groups in total. The smallest absolute Gasteiger partial charge is 0.248 e. The predicted octanol–water partition coefficient (Wildman–Crippen LogP) is 1.68. The maximum absolute atomic E-state index is 12.1. The second-order valence-corrected chi connectivity index (χ2v) is 5.87. The van der Waals surface area contributed by atoms with Crippen LogP contribution in [0.1, 0.15) is 5.89 Å². The number of amides is 1. The SMILES string of the molecule is Cc1nnc(-c2ccccc2-c2cnn(CC(=O)Nc3cnn(C)n3)c2)o1. The van der Waals surface area contributed by atoms with Gasteiger partial charge in [0.05, 0.1) is 12.4 Å². The molecular formula is C17H16N8O2. The average Bonchev–Trinajstić information content (AvgIpc) is 3.37. The molecule has 0 saturated carbocycles. The zero-order valence-electron chi connectivity index (χ0n) is 14.7. The third-order valence-electron chi connectivity index (χ3n) is 3.80. The van der Waals surface area contributed by atoms with Crippen molar-refractivity contribution in [3.05, 3.63) is 48.7 Å². The highest BCUT2D eigenvalue weighted by Gasteiger charge is 2.14. The number of nitrogens with one attached hydrogen (secondary N) is 1. The van der Waals surface area contributed by atoms with Gasteiger partial charge < -0.3 is 9.73 Å². The van der Waals surface area contributed by atoms with Crippen LogP contribution in [0.2, 0.25) is 0 Å². The second-order valence-electron chi connectivity index (χ2n) is 5.87. The van der Waals surface area contributed by atoms with Crippen molar-refractivity contribution in [1.29, 1.82) is 0 Å². The molecule has 0 radical (unpaired) electrons. The number of nitrogens with zero attached hydrogens (tertiary/aromatic N) is 7. The number of anilines is 1. The number of hydrogen-bond acceptors (Lipinski definition) is 7.